The number of carbonyl (C=O) groups excluding carboxylic acids is 3. The van der Waals surface area contributed by atoms with E-state index in [9.17, 15) is 19.2 Å². The lowest BCUT2D eigenvalue weighted by Crippen LogP contribution is -2.68. The summed E-state index contributed by atoms with van der Waals surface area (Å²) in [6.07, 6.45) is 1.81. The number of nitrogens with one attached hydrogen (secondary N) is 1. The lowest BCUT2D eigenvalue weighted by Gasteiger charge is -2.47. The zero-order valence-corrected chi connectivity index (χ0v) is 24.7. The highest BCUT2D eigenvalue weighted by molar-refractivity contribution is 6.30. The van der Waals surface area contributed by atoms with Crippen LogP contribution in [0.15, 0.2) is 65.5 Å². The first-order valence-electron chi connectivity index (χ1n) is 14.7. The number of piperidine rings is 1. The first kappa shape index (κ1) is 28.7. The number of likely N-dealkylation sites (tertiary alicyclic amines) is 1. The molecule has 3 atom stereocenters. The highest BCUT2D eigenvalue weighted by atomic mass is 16.5. The molecule has 2 aromatic carbocycles. The van der Waals surface area contributed by atoms with Gasteiger partial charge in [0.05, 0.1) is 19.9 Å². The summed E-state index contributed by atoms with van der Waals surface area (Å²) in [4.78, 5) is 57.6. The molecule has 6 rings (SSSR count). The van der Waals surface area contributed by atoms with Crippen molar-refractivity contribution in [2.75, 3.05) is 38.8 Å². The molecule has 0 radical (unpaired) electrons. The van der Waals surface area contributed by atoms with E-state index in [1.54, 1.807) is 43.5 Å². The summed E-state index contributed by atoms with van der Waals surface area (Å²) < 4.78 is 12.8. The lowest BCUT2D eigenvalue weighted by molar-refractivity contribution is -0.144. The maximum Gasteiger partial charge on any atom is 0.335 e. The van der Waals surface area contributed by atoms with E-state index < -0.39 is 23.3 Å². The SMILES string of the molecule is CCc1ccc(N2C(=O)NC(=O)[C@](Cc3ccc(OC)c(OC)c3)(CN3C[C@@H]4C[C@@H](C3)c3cccc(=O)n3C4)C2=O)cc1. The quantitative estimate of drug-likeness (QED) is 0.405. The van der Waals surface area contributed by atoms with Gasteiger partial charge in [0.25, 0.3) is 11.5 Å². The average Bonchev–Trinajstić information content (AvgIpc) is 3.01. The fourth-order valence-corrected chi connectivity index (χ4v) is 6.99. The van der Waals surface area contributed by atoms with Crippen molar-refractivity contribution in [3.8, 4) is 11.5 Å². The highest BCUT2D eigenvalue weighted by Crippen LogP contribution is 2.40. The Kier molecular flexibility index (Phi) is 7.56. The number of carbonyl (C=O) groups is 3. The van der Waals surface area contributed by atoms with Gasteiger partial charge in [-0.1, -0.05) is 31.2 Å². The molecule has 4 amide bonds. The Morgan fingerprint density at radius 2 is 1.63 bits per heavy atom. The van der Waals surface area contributed by atoms with E-state index in [1.807, 2.05) is 35.8 Å². The summed E-state index contributed by atoms with van der Waals surface area (Å²) in [5.74, 6) is 0.131. The zero-order chi connectivity index (χ0) is 30.3. The molecule has 3 aromatic rings. The van der Waals surface area contributed by atoms with Crippen LogP contribution in [-0.2, 0) is 29.0 Å². The van der Waals surface area contributed by atoms with E-state index >= 15 is 0 Å². The van der Waals surface area contributed by atoms with Crippen LogP contribution in [0.5, 0.6) is 11.5 Å². The van der Waals surface area contributed by atoms with E-state index in [0.29, 0.717) is 42.4 Å². The van der Waals surface area contributed by atoms with Crippen molar-refractivity contribution in [2.24, 2.45) is 11.3 Å². The van der Waals surface area contributed by atoms with Gasteiger partial charge in [0.2, 0.25) is 5.91 Å². The highest BCUT2D eigenvalue weighted by Gasteiger charge is 2.56. The van der Waals surface area contributed by atoms with Crippen LogP contribution >= 0.6 is 0 Å². The Labute approximate surface area is 250 Å². The molecule has 2 bridgehead atoms. The van der Waals surface area contributed by atoms with Gasteiger partial charge in [-0.05, 0) is 66.6 Å². The lowest BCUT2D eigenvalue weighted by atomic mass is 9.75. The Morgan fingerprint density at radius 1 is 0.884 bits per heavy atom. The molecule has 1 aromatic heterocycles. The number of pyridine rings is 1. The number of fused-ring (bicyclic) bond motifs is 4. The molecule has 1 N–H and O–H groups in total. The smallest absolute Gasteiger partial charge is 0.335 e. The molecule has 3 aliphatic rings. The number of aromatic nitrogens is 1. The van der Waals surface area contributed by atoms with Crippen molar-refractivity contribution in [2.45, 2.75) is 38.6 Å². The van der Waals surface area contributed by atoms with Crippen LogP contribution in [0.25, 0.3) is 0 Å². The second kappa shape index (κ2) is 11.3. The summed E-state index contributed by atoms with van der Waals surface area (Å²) >= 11 is 0. The first-order valence-corrected chi connectivity index (χ1v) is 14.7. The van der Waals surface area contributed by atoms with Crippen LogP contribution in [0, 0.1) is 11.3 Å². The van der Waals surface area contributed by atoms with E-state index in [0.717, 1.165) is 29.0 Å². The number of methoxy groups -OCH3 is 2. The molecule has 0 spiro atoms. The van der Waals surface area contributed by atoms with Crippen molar-refractivity contribution in [3.05, 3.63) is 87.8 Å². The Balaban J connectivity index is 1.39. The van der Waals surface area contributed by atoms with Crippen LogP contribution in [0.2, 0.25) is 0 Å². The van der Waals surface area contributed by atoms with Crippen molar-refractivity contribution < 1.29 is 23.9 Å². The van der Waals surface area contributed by atoms with Gasteiger partial charge in [-0.2, -0.15) is 0 Å². The number of imide groups is 2. The molecule has 0 unspecified atom stereocenters. The third kappa shape index (κ3) is 5.09. The van der Waals surface area contributed by atoms with Crippen molar-refractivity contribution in [3.63, 3.8) is 0 Å². The molecule has 4 heterocycles. The number of ether oxygens (including phenoxy) is 2. The molecule has 224 valence electrons. The number of amides is 4. The number of rotatable bonds is 8. The van der Waals surface area contributed by atoms with E-state index in [2.05, 4.69) is 10.2 Å². The normalized spacial score (nSPS) is 23.5. The van der Waals surface area contributed by atoms with E-state index in [4.69, 9.17) is 9.47 Å². The van der Waals surface area contributed by atoms with Crippen molar-refractivity contribution in [1.29, 1.82) is 0 Å². The van der Waals surface area contributed by atoms with Crippen LogP contribution in [0.4, 0.5) is 10.5 Å². The standard InChI is InChI=1S/C33H36N4O6/c1-4-21-8-11-25(12-9-21)37-31(40)33(30(39)34-32(37)41,16-22-10-13-27(42-2)28(15-22)43-3)20-35-17-23-14-24(19-35)26-6-5-7-29(38)36(26)18-23/h5-13,15,23-24H,4,14,16-20H2,1-3H3,(H,34,39,41)/t23-,24-,33-/m0/s1. The average molecular weight is 585 g/mol. The first-order chi connectivity index (χ1) is 20.8. The topological polar surface area (TPSA) is 110 Å². The fourth-order valence-electron chi connectivity index (χ4n) is 6.99. The van der Waals surface area contributed by atoms with Crippen molar-refractivity contribution >= 4 is 23.5 Å². The largest absolute Gasteiger partial charge is 0.493 e. The van der Waals surface area contributed by atoms with Crippen LogP contribution in [0.3, 0.4) is 0 Å². The van der Waals surface area contributed by atoms with Crippen LogP contribution < -0.4 is 25.2 Å². The molecule has 2 fully saturated rings. The second-order valence-electron chi connectivity index (χ2n) is 11.8. The van der Waals surface area contributed by atoms with E-state index in [1.165, 1.54) is 7.11 Å². The Hall–Kier alpha value is -4.44. The number of aryl methyl sites for hydroxylation is 1. The van der Waals surface area contributed by atoms with Crippen LogP contribution in [0.1, 0.15) is 36.1 Å². The second-order valence-corrected chi connectivity index (χ2v) is 11.8. The molecule has 3 aliphatic heterocycles. The third-order valence-electron chi connectivity index (χ3n) is 9.08. The predicted octanol–water partition coefficient (Wildman–Crippen LogP) is 3.36. The molecular formula is C33H36N4O6. The summed E-state index contributed by atoms with van der Waals surface area (Å²) in [6.45, 7) is 3.97. The number of hydrogen-bond acceptors (Lipinski definition) is 7. The number of hydrogen-bond donors (Lipinski definition) is 1. The zero-order valence-electron chi connectivity index (χ0n) is 24.7. The minimum Gasteiger partial charge on any atom is -0.493 e. The Morgan fingerprint density at radius 3 is 2.35 bits per heavy atom. The monoisotopic (exact) mass is 584 g/mol. The fraction of sp³-hybridized carbons (Fsp3) is 0.394. The maximum atomic E-state index is 14.6. The molecule has 0 aliphatic carbocycles. The van der Waals surface area contributed by atoms with Gasteiger partial charge in [0, 0.05) is 43.9 Å². The van der Waals surface area contributed by atoms with Gasteiger partial charge in [-0.25, -0.2) is 9.69 Å². The van der Waals surface area contributed by atoms with Crippen LogP contribution in [-0.4, -0.2) is 61.2 Å². The molecule has 10 heteroatoms. The Bertz CT molecular complexity index is 1630. The summed E-state index contributed by atoms with van der Waals surface area (Å²) in [6, 6.07) is 17.2. The van der Waals surface area contributed by atoms with Gasteiger partial charge in [0.1, 0.15) is 5.41 Å². The van der Waals surface area contributed by atoms with Gasteiger partial charge >= 0.3 is 6.03 Å². The minimum atomic E-state index is -1.60. The minimum absolute atomic E-state index is 0.00402. The van der Waals surface area contributed by atoms with Crippen molar-refractivity contribution in [1.82, 2.24) is 14.8 Å². The van der Waals surface area contributed by atoms with Gasteiger partial charge < -0.3 is 18.9 Å². The van der Waals surface area contributed by atoms with Gasteiger partial charge in [0.15, 0.2) is 11.5 Å². The van der Waals surface area contributed by atoms with Gasteiger partial charge in [-0.15, -0.1) is 0 Å². The summed E-state index contributed by atoms with van der Waals surface area (Å²) in [5, 5.41) is 2.51. The number of barbiturate groups is 1. The number of urea groups is 1. The van der Waals surface area contributed by atoms with Gasteiger partial charge in [-0.3, -0.25) is 19.7 Å². The molecular weight excluding hydrogens is 548 g/mol. The summed E-state index contributed by atoms with van der Waals surface area (Å²) in [7, 11) is 3.08. The maximum absolute atomic E-state index is 14.6. The molecule has 0 saturated carbocycles. The number of anilines is 1. The predicted molar refractivity (Wildman–Crippen MR) is 161 cm³/mol. The number of benzene rings is 2. The summed E-state index contributed by atoms with van der Waals surface area (Å²) in [5.41, 5.74) is 1.56. The molecule has 10 nitrogen and oxygen atoms in total. The third-order valence-corrected chi connectivity index (χ3v) is 9.08. The van der Waals surface area contributed by atoms with E-state index in [-0.39, 0.29) is 30.4 Å². The number of nitrogens with zero attached hydrogens (tertiary/aromatic N) is 3. The molecule has 43 heavy (non-hydrogen) atoms. The molecule has 2 saturated heterocycles.